The van der Waals surface area contributed by atoms with E-state index in [4.69, 9.17) is 0 Å². The standard InChI is InChI=1S/C19H31N3O2/c1-20(2)19(24)15-21(3)13-16-9-11-22(12-10-16)14-18(23)17-7-5-4-6-8-17/h4-8,16,18,23H,9-15H2,1-3H3. The topological polar surface area (TPSA) is 47.0 Å². The first-order valence-electron chi connectivity index (χ1n) is 8.79. The predicted molar refractivity (Wildman–Crippen MR) is 96.8 cm³/mol. The van der Waals surface area contributed by atoms with Crippen LogP contribution in [0.3, 0.4) is 0 Å². The first-order valence-corrected chi connectivity index (χ1v) is 8.79. The zero-order chi connectivity index (χ0) is 17.5. The quantitative estimate of drug-likeness (QED) is 0.820. The van der Waals surface area contributed by atoms with Crippen LogP contribution in [0.5, 0.6) is 0 Å². The van der Waals surface area contributed by atoms with Gasteiger partial charge in [0.2, 0.25) is 5.91 Å². The summed E-state index contributed by atoms with van der Waals surface area (Å²) in [4.78, 5) is 17.9. The van der Waals surface area contributed by atoms with Gasteiger partial charge < -0.3 is 14.9 Å². The molecule has 134 valence electrons. The zero-order valence-corrected chi connectivity index (χ0v) is 15.2. The molecule has 1 heterocycles. The number of carbonyl (C=O) groups excluding carboxylic acids is 1. The molecule has 0 saturated carbocycles. The fraction of sp³-hybridized carbons (Fsp3) is 0.632. The average Bonchev–Trinajstić information content (AvgIpc) is 2.57. The number of likely N-dealkylation sites (N-methyl/N-ethyl adjacent to an activating group) is 2. The minimum absolute atomic E-state index is 0.154. The van der Waals surface area contributed by atoms with Crippen LogP contribution < -0.4 is 0 Å². The second-order valence-corrected chi connectivity index (χ2v) is 7.16. The molecule has 1 atom stereocenters. The molecule has 1 amide bonds. The van der Waals surface area contributed by atoms with E-state index in [1.54, 1.807) is 19.0 Å². The van der Waals surface area contributed by atoms with Gasteiger partial charge in [0.1, 0.15) is 0 Å². The van der Waals surface area contributed by atoms with Gasteiger partial charge >= 0.3 is 0 Å². The Hall–Kier alpha value is -1.43. The lowest BCUT2D eigenvalue weighted by atomic mass is 9.95. The fourth-order valence-electron chi connectivity index (χ4n) is 3.25. The van der Waals surface area contributed by atoms with Crippen molar-refractivity contribution in [3.8, 4) is 0 Å². The molecule has 0 radical (unpaired) electrons. The van der Waals surface area contributed by atoms with Gasteiger partial charge in [0.15, 0.2) is 0 Å². The smallest absolute Gasteiger partial charge is 0.236 e. The Kier molecular flexibility index (Phi) is 7.21. The number of hydrogen-bond donors (Lipinski definition) is 1. The number of piperidine rings is 1. The Morgan fingerprint density at radius 1 is 1.21 bits per heavy atom. The Labute approximate surface area is 145 Å². The molecule has 0 spiro atoms. The lowest BCUT2D eigenvalue weighted by Gasteiger charge is -2.34. The summed E-state index contributed by atoms with van der Waals surface area (Å²) in [6.07, 6.45) is 1.84. The maximum Gasteiger partial charge on any atom is 0.236 e. The number of rotatable bonds is 7. The van der Waals surface area contributed by atoms with Crippen LogP contribution in [-0.4, -0.2) is 79.6 Å². The highest BCUT2D eigenvalue weighted by Gasteiger charge is 2.23. The molecule has 5 nitrogen and oxygen atoms in total. The fourth-order valence-corrected chi connectivity index (χ4v) is 3.25. The largest absolute Gasteiger partial charge is 0.387 e. The summed E-state index contributed by atoms with van der Waals surface area (Å²) in [6.45, 7) is 4.19. The van der Waals surface area contributed by atoms with E-state index < -0.39 is 6.10 Å². The van der Waals surface area contributed by atoms with Crippen molar-refractivity contribution in [1.82, 2.24) is 14.7 Å². The lowest BCUT2D eigenvalue weighted by Crippen LogP contribution is -2.41. The average molecular weight is 333 g/mol. The van der Waals surface area contributed by atoms with E-state index in [1.165, 1.54) is 0 Å². The number of carbonyl (C=O) groups is 1. The van der Waals surface area contributed by atoms with E-state index in [0.29, 0.717) is 19.0 Å². The molecule has 1 saturated heterocycles. The van der Waals surface area contributed by atoms with Crippen molar-refractivity contribution in [2.24, 2.45) is 5.92 Å². The van der Waals surface area contributed by atoms with Crippen LogP contribution in [0.15, 0.2) is 30.3 Å². The molecule has 1 aromatic carbocycles. The van der Waals surface area contributed by atoms with Gasteiger partial charge in [0, 0.05) is 27.2 Å². The van der Waals surface area contributed by atoms with Gasteiger partial charge in [-0.25, -0.2) is 0 Å². The van der Waals surface area contributed by atoms with Crippen molar-refractivity contribution >= 4 is 5.91 Å². The van der Waals surface area contributed by atoms with E-state index >= 15 is 0 Å². The highest BCUT2D eigenvalue weighted by atomic mass is 16.3. The summed E-state index contributed by atoms with van der Waals surface area (Å²) in [5.74, 6) is 0.788. The molecule has 2 rings (SSSR count). The van der Waals surface area contributed by atoms with Crippen molar-refractivity contribution in [3.05, 3.63) is 35.9 Å². The van der Waals surface area contributed by atoms with Crippen molar-refractivity contribution in [2.45, 2.75) is 18.9 Å². The normalized spacial score (nSPS) is 17.9. The minimum Gasteiger partial charge on any atom is -0.387 e. The third-order valence-electron chi connectivity index (χ3n) is 4.80. The molecular formula is C19H31N3O2. The van der Waals surface area contributed by atoms with E-state index in [2.05, 4.69) is 9.80 Å². The van der Waals surface area contributed by atoms with Crippen molar-refractivity contribution in [1.29, 1.82) is 0 Å². The highest BCUT2D eigenvalue weighted by Crippen LogP contribution is 2.21. The minimum atomic E-state index is -0.414. The number of amides is 1. The van der Waals surface area contributed by atoms with Gasteiger partial charge in [0.05, 0.1) is 12.6 Å². The molecule has 0 aromatic heterocycles. The van der Waals surface area contributed by atoms with Crippen molar-refractivity contribution < 1.29 is 9.90 Å². The molecule has 1 aromatic rings. The summed E-state index contributed by atoms with van der Waals surface area (Å²) in [5.41, 5.74) is 0.988. The SMILES string of the molecule is CN(CC(=O)N(C)C)CC1CCN(CC(O)c2ccccc2)CC1. The first kappa shape index (κ1) is 18.9. The molecule has 1 N–H and O–H groups in total. The van der Waals surface area contributed by atoms with Crippen LogP contribution in [0, 0.1) is 5.92 Å². The Bertz CT molecular complexity index is 499. The van der Waals surface area contributed by atoms with Crippen LogP contribution in [0.25, 0.3) is 0 Å². The summed E-state index contributed by atoms with van der Waals surface area (Å²) in [5, 5.41) is 10.3. The van der Waals surface area contributed by atoms with Gasteiger partial charge in [-0.05, 0) is 44.5 Å². The van der Waals surface area contributed by atoms with Crippen LogP contribution in [-0.2, 0) is 4.79 Å². The van der Waals surface area contributed by atoms with Gasteiger partial charge in [-0.15, -0.1) is 0 Å². The van der Waals surface area contributed by atoms with Crippen LogP contribution in [0.1, 0.15) is 24.5 Å². The van der Waals surface area contributed by atoms with E-state index in [-0.39, 0.29) is 5.91 Å². The predicted octanol–water partition coefficient (Wildman–Crippen LogP) is 1.45. The highest BCUT2D eigenvalue weighted by molar-refractivity contribution is 5.77. The molecule has 24 heavy (non-hydrogen) atoms. The lowest BCUT2D eigenvalue weighted by molar-refractivity contribution is -0.129. The number of hydrogen-bond acceptors (Lipinski definition) is 4. The molecule has 0 bridgehead atoms. The number of nitrogens with zero attached hydrogens (tertiary/aromatic N) is 3. The maximum absolute atomic E-state index is 11.8. The molecule has 1 aliphatic rings. The van der Waals surface area contributed by atoms with Gasteiger partial charge in [-0.2, -0.15) is 0 Å². The summed E-state index contributed by atoms with van der Waals surface area (Å²) in [6, 6.07) is 9.87. The monoisotopic (exact) mass is 333 g/mol. The summed E-state index contributed by atoms with van der Waals surface area (Å²) < 4.78 is 0. The molecule has 5 heteroatoms. The van der Waals surface area contributed by atoms with Crippen LogP contribution >= 0.6 is 0 Å². The van der Waals surface area contributed by atoms with E-state index in [9.17, 15) is 9.90 Å². The molecule has 1 unspecified atom stereocenters. The molecule has 0 aliphatic carbocycles. The number of aliphatic hydroxyl groups excluding tert-OH is 1. The van der Waals surface area contributed by atoms with Gasteiger partial charge in [-0.1, -0.05) is 30.3 Å². The number of benzene rings is 1. The Morgan fingerprint density at radius 3 is 2.42 bits per heavy atom. The van der Waals surface area contributed by atoms with Crippen molar-refractivity contribution in [3.63, 3.8) is 0 Å². The first-order chi connectivity index (χ1) is 11.5. The number of likely N-dealkylation sites (tertiary alicyclic amines) is 1. The van der Waals surface area contributed by atoms with E-state index in [0.717, 1.165) is 38.0 Å². The van der Waals surface area contributed by atoms with Crippen LogP contribution in [0.2, 0.25) is 0 Å². The van der Waals surface area contributed by atoms with E-state index in [1.807, 2.05) is 37.4 Å². The Balaban J connectivity index is 1.70. The third-order valence-corrected chi connectivity index (χ3v) is 4.80. The zero-order valence-electron chi connectivity index (χ0n) is 15.2. The summed E-state index contributed by atoms with van der Waals surface area (Å²) in [7, 11) is 5.62. The molecular weight excluding hydrogens is 302 g/mol. The second-order valence-electron chi connectivity index (χ2n) is 7.16. The maximum atomic E-state index is 11.8. The van der Waals surface area contributed by atoms with Gasteiger partial charge in [0.25, 0.3) is 0 Å². The van der Waals surface area contributed by atoms with Crippen molar-refractivity contribution in [2.75, 3.05) is 53.9 Å². The van der Waals surface area contributed by atoms with Gasteiger partial charge in [-0.3, -0.25) is 9.69 Å². The second kappa shape index (κ2) is 9.16. The third kappa shape index (κ3) is 5.89. The van der Waals surface area contributed by atoms with Crippen LogP contribution in [0.4, 0.5) is 0 Å². The number of aliphatic hydroxyl groups is 1. The molecule has 1 fully saturated rings. The molecule has 1 aliphatic heterocycles. The number of β-amino-alcohol motifs (C(OH)–C–C–N with tert-alkyl or cyclic N) is 1. The Morgan fingerprint density at radius 2 is 1.83 bits per heavy atom. The summed E-state index contributed by atoms with van der Waals surface area (Å²) >= 11 is 0.